The predicted molar refractivity (Wildman–Crippen MR) is 69.1 cm³/mol. The third kappa shape index (κ3) is 4.83. The number of amides is 2. The Morgan fingerprint density at radius 2 is 2.28 bits per heavy atom. The molecule has 6 nitrogen and oxygen atoms in total. The largest absolute Gasteiger partial charge is 0.394 e. The molecular weight excluding hydrogens is 256 g/mol. The molecule has 0 spiro atoms. The van der Waals surface area contributed by atoms with Crippen molar-refractivity contribution in [2.24, 2.45) is 5.73 Å². The van der Waals surface area contributed by atoms with E-state index in [0.29, 0.717) is 25.3 Å². The highest BCUT2D eigenvalue weighted by Gasteiger charge is 2.28. The SMILES string of the molecule is CC1COC(CO)CN1C(=O)CCSCC(N)=O. The van der Waals surface area contributed by atoms with Crippen LogP contribution in [-0.2, 0) is 14.3 Å². The van der Waals surface area contributed by atoms with Crippen molar-refractivity contribution in [2.75, 3.05) is 31.3 Å². The molecule has 0 radical (unpaired) electrons. The lowest BCUT2D eigenvalue weighted by Gasteiger charge is -2.37. The number of ether oxygens (including phenoxy) is 1. The van der Waals surface area contributed by atoms with Crippen LogP contribution in [0.3, 0.4) is 0 Å². The Bertz CT molecular complexity index is 301. The highest BCUT2D eigenvalue weighted by Crippen LogP contribution is 2.14. The van der Waals surface area contributed by atoms with Gasteiger partial charge in [-0.05, 0) is 6.92 Å². The summed E-state index contributed by atoms with van der Waals surface area (Å²) in [6, 6.07) is 0.0291. The minimum Gasteiger partial charge on any atom is -0.394 e. The van der Waals surface area contributed by atoms with Gasteiger partial charge >= 0.3 is 0 Å². The molecule has 1 heterocycles. The summed E-state index contributed by atoms with van der Waals surface area (Å²) in [4.78, 5) is 24.2. The van der Waals surface area contributed by atoms with Crippen molar-refractivity contribution < 1.29 is 19.4 Å². The molecule has 0 aromatic heterocycles. The van der Waals surface area contributed by atoms with Gasteiger partial charge in [0.15, 0.2) is 0 Å². The highest BCUT2D eigenvalue weighted by molar-refractivity contribution is 7.99. The van der Waals surface area contributed by atoms with E-state index in [9.17, 15) is 9.59 Å². The van der Waals surface area contributed by atoms with E-state index >= 15 is 0 Å². The van der Waals surface area contributed by atoms with E-state index in [4.69, 9.17) is 15.6 Å². The van der Waals surface area contributed by atoms with Crippen LogP contribution in [0.25, 0.3) is 0 Å². The summed E-state index contributed by atoms with van der Waals surface area (Å²) in [6.45, 7) is 2.72. The molecule has 104 valence electrons. The maximum Gasteiger partial charge on any atom is 0.227 e. The second-order valence-electron chi connectivity index (χ2n) is 4.30. The van der Waals surface area contributed by atoms with E-state index < -0.39 is 0 Å². The fraction of sp³-hybridized carbons (Fsp3) is 0.818. The van der Waals surface area contributed by atoms with Gasteiger partial charge in [0.1, 0.15) is 0 Å². The van der Waals surface area contributed by atoms with Crippen LogP contribution >= 0.6 is 11.8 Å². The summed E-state index contributed by atoms with van der Waals surface area (Å²) in [7, 11) is 0. The Morgan fingerprint density at radius 1 is 1.56 bits per heavy atom. The standard InChI is InChI=1S/C11H20N2O4S/c1-8-6-17-9(5-14)4-13(8)11(16)2-3-18-7-10(12)15/h8-9,14H,2-7H2,1H3,(H2,12,15). The molecule has 1 aliphatic heterocycles. The summed E-state index contributed by atoms with van der Waals surface area (Å²) >= 11 is 1.36. The molecule has 1 aliphatic rings. The van der Waals surface area contributed by atoms with E-state index in [0.717, 1.165) is 0 Å². The Labute approximate surface area is 111 Å². The van der Waals surface area contributed by atoms with Gasteiger partial charge in [-0.15, -0.1) is 0 Å². The zero-order valence-corrected chi connectivity index (χ0v) is 11.3. The Morgan fingerprint density at radius 3 is 2.89 bits per heavy atom. The lowest BCUT2D eigenvalue weighted by atomic mass is 10.2. The topological polar surface area (TPSA) is 92.9 Å². The Kier molecular flexibility index (Phi) is 6.45. The van der Waals surface area contributed by atoms with Crippen LogP contribution in [0.5, 0.6) is 0 Å². The van der Waals surface area contributed by atoms with Gasteiger partial charge in [0.25, 0.3) is 0 Å². The first-order valence-electron chi connectivity index (χ1n) is 5.92. The van der Waals surface area contributed by atoms with Crippen LogP contribution in [0.2, 0.25) is 0 Å². The summed E-state index contributed by atoms with van der Waals surface area (Å²) in [5.74, 6) is 0.481. The molecule has 0 aromatic rings. The van der Waals surface area contributed by atoms with Crippen LogP contribution in [0.1, 0.15) is 13.3 Å². The number of rotatable bonds is 6. The van der Waals surface area contributed by atoms with E-state index in [-0.39, 0.29) is 36.3 Å². The third-order valence-electron chi connectivity index (χ3n) is 2.73. The van der Waals surface area contributed by atoms with Crippen LogP contribution in [0.15, 0.2) is 0 Å². The molecule has 0 bridgehead atoms. The van der Waals surface area contributed by atoms with Crippen molar-refractivity contribution in [1.29, 1.82) is 0 Å². The fourth-order valence-electron chi connectivity index (χ4n) is 1.75. The summed E-state index contributed by atoms with van der Waals surface area (Å²) in [5, 5.41) is 9.03. The van der Waals surface area contributed by atoms with Crippen molar-refractivity contribution in [3.05, 3.63) is 0 Å². The molecular formula is C11H20N2O4S. The lowest BCUT2D eigenvalue weighted by molar-refractivity contribution is -0.145. The van der Waals surface area contributed by atoms with E-state index in [1.165, 1.54) is 11.8 Å². The van der Waals surface area contributed by atoms with Crippen LogP contribution in [-0.4, -0.2) is 65.2 Å². The molecule has 0 aromatic carbocycles. The minimum absolute atomic E-state index is 0.0289. The van der Waals surface area contributed by atoms with E-state index in [1.807, 2.05) is 6.92 Å². The normalized spacial score (nSPS) is 24.0. The number of aliphatic hydroxyl groups is 1. The number of nitrogens with two attached hydrogens (primary N) is 1. The van der Waals surface area contributed by atoms with E-state index in [2.05, 4.69) is 0 Å². The molecule has 1 rings (SSSR count). The smallest absolute Gasteiger partial charge is 0.227 e. The second-order valence-corrected chi connectivity index (χ2v) is 5.41. The number of hydrogen-bond donors (Lipinski definition) is 2. The van der Waals surface area contributed by atoms with E-state index in [1.54, 1.807) is 4.90 Å². The van der Waals surface area contributed by atoms with Gasteiger partial charge in [-0.3, -0.25) is 9.59 Å². The number of nitrogens with zero attached hydrogens (tertiary/aromatic N) is 1. The summed E-state index contributed by atoms with van der Waals surface area (Å²) in [5.41, 5.74) is 5.01. The minimum atomic E-state index is -0.368. The van der Waals surface area contributed by atoms with Gasteiger partial charge in [0.2, 0.25) is 11.8 Å². The second kappa shape index (κ2) is 7.60. The number of aliphatic hydroxyl groups excluding tert-OH is 1. The van der Waals surface area contributed by atoms with Crippen molar-refractivity contribution in [2.45, 2.75) is 25.5 Å². The van der Waals surface area contributed by atoms with Gasteiger partial charge in [-0.2, -0.15) is 11.8 Å². The van der Waals surface area contributed by atoms with Crippen LogP contribution in [0, 0.1) is 0 Å². The average Bonchev–Trinajstić information content (AvgIpc) is 2.34. The van der Waals surface area contributed by atoms with Gasteiger partial charge in [0.05, 0.1) is 31.1 Å². The van der Waals surface area contributed by atoms with Gasteiger partial charge < -0.3 is 20.5 Å². The lowest BCUT2D eigenvalue weighted by Crippen LogP contribution is -2.52. The first-order valence-corrected chi connectivity index (χ1v) is 7.08. The van der Waals surface area contributed by atoms with Crippen molar-refractivity contribution in [3.63, 3.8) is 0 Å². The summed E-state index contributed by atoms with van der Waals surface area (Å²) in [6.07, 6.45) is 0.0869. The van der Waals surface area contributed by atoms with Crippen molar-refractivity contribution in [3.8, 4) is 0 Å². The molecule has 0 saturated carbocycles. The fourth-order valence-corrected chi connectivity index (χ4v) is 2.42. The van der Waals surface area contributed by atoms with Crippen molar-refractivity contribution >= 4 is 23.6 Å². The zero-order chi connectivity index (χ0) is 13.5. The third-order valence-corrected chi connectivity index (χ3v) is 3.72. The predicted octanol–water partition coefficient (Wildman–Crippen LogP) is -0.797. The molecule has 18 heavy (non-hydrogen) atoms. The van der Waals surface area contributed by atoms with Gasteiger partial charge in [-0.1, -0.05) is 0 Å². The number of primary amides is 1. The van der Waals surface area contributed by atoms with Crippen LogP contribution in [0.4, 0.5) is 0 Å². The first kappa shape index (κ1) is 15.3. The molecule has 1 saturated heterocycles. The molecule has 1 fully saturated rings. The van der Waals surface area contributed by atoms with Gasteiger partial charge in [-0.25, -0.2) is 0 Å². The maximum absolute atomic E-state index is 12.0. The monoisotopic (exact) mass is 276 g/mol. The molecule has 2 unspecified atom stereocenters. The Hall–Kier alpha value is -0.790. The number of carbonyl (C=O) groups is 2. The quantitative estimate of drug-likeness (QED) is 0.620. The molecule has 7 heteroatoms. The zero-order valence-electron chi connectivity index (χ0n) is 10.5. The molecule has 0 aliphatic carbocycles. The van der Waals surface area contributed by atoms with Gasteiger partial charge in [0, 0.05) is 18.7 Å². The first-order chi connectivity index (χ1) is 8.54. The number of morpholine rings is 1. The number of carbonyl (C=O) groups excluding carboxylic acids is 2. The Balaban J connectivity index is 2.32. The highest BCUT2D eigenvalue weighted by atomic mass is 32.2. The number of hydrogen-bond acceptors (Lipinski definition) is 5. The molecule has 2 amide bonds. The average molecular weight is 276 g/mol. The molecule has 3 N–H and O–H groups in total. The summed E-state index contributed by atoms with van der Waals surface area (Å²) < 4.78 is 5.37. The number of thioether (sulfide) groups is 1. The van der Waals surface area contributed by atoms with Crippen LogP contribution < -0.4 is 5.73 Å². The maximum atomic E-state index is 12.0. The van der Waals surface area contributed by atoms with Crippen molar-refractivity contribution in [1.82, 2.24) is 4.90 Å². The molecule has 2 atom stereocenters.